The molecule has 1 aliphatic rings. The molecule has 1 saturated heterocycles. The van der Waals surface area contributed by atoms with E-state index in [1.54, 1.807) is 76.2 Å². The summed E-state index contributed by atoms with van der Waals surface area (Å²) in [6.45, 7) is 10.9. The summed E-state index contributed by atoms with van der Waals surface area (Å²) in [5, 5.41) is 5.52. The van der Waals surface area contributed by atoms with Crippen LogP contribution in [0.1, 0.15) is 60.8 Å². The molecule has 3 rings (SSSR count). The highest BCUT2D eigenvalue weighted by atomic mass is 31.2. The van der Waals surface area contributed by atoms with E-state index in [4.69, 9.17) is 23.3 Å². The van der Waals surface area contributed by atoms with Crippen molar-refractivity contribution in [2.24, 2.45) is 5.92 Å². The molecule has 0 radical (unpaired) electrons. The molecule has 2 aromatic carbocycles. The van der Waals surface area contributed by atoms with E-state index in [0.29, 0.717) is 30.9 Å². The first-order chi connectivity index (χ1) is 21.2. The Morgan fingerprint density at radius 3 is 1.80 bits per heavy atom. The summed E-state index contributed by atoms with van der Waals surface area (Å²) in [5.74, 6) is -0.544. The number of hydrogen-bond acceptors (Lipinski definition) is 9. The molecule has 13 heteroatoms. The number of likely N-dealkylation sites (tertiary alicyclic amines) is 1. The number of rotatable bonds is 13. The molecule has 12 nitrogen and oxygen atoms in total. The monoisotopic (exact) mass is 647 g/mol. The van der Waals surface area contributed by atoms with E-state index in [1.807, 2.05) is 13.8 Å². The van der Waals surface area contributed by atoms with Crippen LogP contribution >= 0.6 is 7.60 Å². The highest BCUT2D eigenvalue weighted by Gasteiger charge is 2.44. The van der Waals surface area contributed by atoms with Crippen molar-refractivity contribution in [2.45, 2.75) is 84.3 Å². The Kier molecular flexibility index (Phi) is 12.2. The first-order valence-electron chi connectivity index (χ1n) is 15.1. The summed E-state index contributed by atoms with van der Waals surface area (Å²) in [4.78, 5) is 41.4. The number of amides is 3. The highest BCUT2D eigenvalue weighted by molar-refractivity contribution is 7.55. The second-order valence-electron chi connectivity index (χ2n) is 12.1. The molecule has 1 aliphatic heterocycles. The van der Waals surface area contributed by atoms with Gasteiger partial charge < -0.3 is 38.8 Å². The summed E-state index contributed by atoms with van der Waals surface area (Å²) in [7, 11) is -1.06. The fourth-order valence-corrected chi connectivity index (χ4v) is 6.66. The van der Waals surface area contributed by atoms with Crippen molar-refractivity contribution in [3.63, 3.8) is 0 Å². The number of benzene rings is 2. The van der Waals surface area contributed by atoms with Crippen molar-refractivity contribution in [1.82, 2.24) is 15.5 Å². The van der Waals surface area contributed by atoms with E-state index in [2.05, 4.69) is 10.6 Å². The zero-order valence-electron chi connectivity index (χ0n) is 27.3. The maximum absolute atomic E-state index is 14.5. The summed E-state index contributed by atoms with van der Waals surface area (Å²) >= 11 is 0. The van der Waals surface area contributed by atoms with E-state index in [-0.39, 0.29) is 23.8 Å². The van der Waals surface area contributed by atoms with E-state index < -0.39 is 49.0 Å². The largest absolute Gasteiger partial charge is 0.497 e. The third-order valence-electron chi connectivity index (χ3n) is 7.10. The molecule has 0 bridgehead atoms. The normalized spacial score (nSPS) is 16.4. The maximum Gasteiger partial charge on any atom is 0.452 e. The molecule has 0 aliphatic carbocycles. The van der Waals surface area contributed by atoms with Gasteiger partial charge in [0.1, 0.15) is 40.7 Å². The smallest absolute Gasteiger partial charge is 0.452 e. The van der Waals surface area contributed by atoms with E-state index in [0.717, 1.165) is 0 Å². The number of ether oxygens (including phenoxy) is 3. The molecule has 2 N–H and O–H groups in total. The van der Waals surface area contributed by atoms with Gasteiger partial charge in [-0.05, 0) is 94.5 Å². The van der Waals surface area contributed by atoms with Crippen molar-refractivity contribution < 1.29 is 42.2 Å². The molecule has 0 spiro atoms. The molecule has 0 aromatic heterocycles. The first-order valence-corrected chi connectivity index (χ1v) is 16.7. The van der Waals surface area contributed by atoms with Crippen LogP contribution in [0.25, 0.3) is 0 Å². The lowest BCUT2D eigenvalue weighted by Crippen LogP contribution is -2.56. The Hall–Kier alpha value is -3.92. The molecule has 3 atom stereocenters. The topological polar surface area (TPSA) is 142 Å². The zero-order valence-corrected chi connectivity index (χ0v) is 28.2. The second-order valence-corrected chi connectivity index (χ2v) is 14.1. The van der Waals surface area contributed by atoms with E-state index in [1.165, 1.54) is 19.1 Å². The third kappa shape index (κ3) is 9.78. The lowest BCUT2D eigenvalue weighted by atomic mass is 10.0. The van der Waals surface area contributed by atoms with Crippen LogP contribution in [0.3, 0.4) is 0 Å². The fraction of sp³-hybridized carbons (Fsp3) is 0.531. The molecule has 248 valence electrons. The van der Waals surface area contributed by atoms with Crippen LogP contribution in [0, 0.1) is 5.92 Å². The number of alkyl carbamates (subject to hydrolysis) is 1. The molecule has 1 fully saturated rings. The summed E-state index contributed by atoms with van der Waals surface area (Å²) in [6, 6.07) is 11.3. The van der Waals surface area contributed by atoms with Crippen molar-refractivity contribution in [2.75, 3.05) is 20.8 Å². The van der Waals surface area contributed by atoms with Crippen molar-refractivity contribution in [3.05, 3.63) is 48.5 Å². The Morgan fingerprint density at radius 2 is 1.38 bits per heavy atom. The van der Waals surface area contributed by atoms with Gasteiger partial charge in [-0.15, -0.1) is 0 Å². The lowest BCUT2D eigenvalue weighted by molar-refractivity contribution is -0.141. The quantitative estimate of drug-likeness (QED) is 0.260. The predicted molar refractivity (Wildman–Crippen MR) is 170 cm³/mol. The van der Waals surface area contributed by atoms with Gasteiger partial charge in [0, 0.05) is 6.54 Å². The van der Waals surface area contributed by atoms with Gasteiger partial charge in [0.25, 0.3) is 0 Å². The molecule has 0 saturated carbocycles. The number of hydrogen-bond donors (Lipinski definition) is 2. The van der Waals surface area contributed by atoms with Crippen LogP contribution in [0.4, 0.5) is 4.79 Å². The van der Waals surface area contributed by atoms with E-state index in [9.17, 15) is 18.9 Å². The van der Waals surface area contributed by atoms with Gasteiger partial charge >= 0.3 is 13.7 Å². The average molecular weight is 648 g/mol. The number of nitrogens with zero attached hydrogens (tertiary/aromatic N) is 1. The summed E-state index contributed by atoms with van der Waals surface area (Å²) in [5.41, 5.74) is -0.740. The Bertz CT molecular complexity index is 1290. The van der Waals surface area contributed by atoms with Crippen LogP contribution in [-0.4, -0.2) is 67.0 Å². The summed E-state index contributed by atoms with van der Waals surface area (Å²) < 4.78 is 42.3. The van der Waals surface area contributed by atoms with Crippen LogP contribution in [0.15, 0.2) is 48.5 Å². The maximum atomic E-state index is 14.5. The third-order valence-corrected chi connectivity index (χ3v) is 9.29. The molecule has 3 amide bonds. The van der Waals surface area contributed by atoms with Crippen molar-refractivity contribution >= 4 is 25.5 Å². The Morgan fingerprint density at radius 1 is 0.889 bits per heavy atom. The van der Waals surface area contributed by atoms with Crippen LogP contribution < -0.4 is 29.2 Å². The first kappa shape index (κ1) is 35.6. The van der Waals surface area contributed by atoms with Crippen molar-refractivity contribution in [1.29, 1.82) is 0 Å². The van der Waals surface area contributed by atoms with E-state index >= 15 is 0 Å². The highest BCUT2D eigenvalue weighted by Crippen LogP contribution is 2.53. The molecule has 1 heterocycles. The zero-order chi connectivity index (χ0) is 33.4. The Labute approximate surface area is 265 Å². The fourth-order valence-electron chi connectivity index (χ4n) is 4.81. The minimum atomic E-state index is -4.12. The minimum absolute atomic E-state index is 0.199. The molecule has 45 heavy (non-hydrogen) atoms. The summed E-state index contributed by atoms with van der Waals surface area (Å²) in [6.07, 6.45) is 0.465. The van der Waals surface area contributed by atoms with Gasteiger partial charge in [-0.3, -0.25) is 9.59 Å². The Balaban J connectivity index is 1.84. The van der Waals surface area contributed by atoms with Crippen LogP contribution in [0.5, 0.6) is 23.0 Å². The molecular weight excluding hydrogens is 601 g/mol. The standard InChI is InChI=1S/C32H46N3O9P/c1-9-27(45(39,43-24-16-12-22(40-7)13-17-24)44-25-18-14-23(41-8)15-19-25)33-29(36)26-11-10-20-35(26)30(37)28(21(2)3)34-31(38)42-32(4,5)6/h12-19,21,26-28H,9-11,20H2,1-8H3,(H,33,36)(H,34,38)/t26-,27?,28-/m0/s1. The van der Waals surface area contributed by atoms with Gasteiger partial charge in [-0.25, -0.2) is 9.36 Å². The van der Waals surface area contributed by atoms with Crippen molar-refractivity contribution in [3.8, 4) is 23.0 Å². The van der Waals surface area contributed by atoms with Crippen LogP contribution in [0.2, 0.25) is 0 Å². The lowest BCUT2D eigenvalue weighted by Gasteiger charge is -2.32. The number of carbonyl (C=O) groups is 3. The number of nitrogens with one attached hydrogen (secondary N) is 2. The van der Waals surface area contributed by atoms with Crippen LogP contribution in [-0.2, 0) is 18.9 Å². The average Bonchev–Trinajstić information content (AvgIpc) is 3.48. The van der Waals surface area contributed by atoms with Gasteiger partial charge in [-0.2, -0.15) is 0 Å². The second kappa shape index (κ2) is 15.4. The van der Waals surface area contributed by atoms with Gasteiger partial charge in [-0.1, -0.05) is 20.8 Å². The minimum Gasteiger partial charge on any atom is -0.497 e. The SMILES string of the molecule is CCC(NC(=O)[C@@H]1CCCN1C(=O)[C@@H](NC(=O)OC(C)(C)C)C(C)C)P(=O)(Oc1ccc(OC)cc1)Oc1ccc(OC)cc1. The van der Waals surface area contributed by atoms with Gasteiger partial charge in [0.2, 0.25) is 11.8 Å². The predicted octanol–water partition coefficient (Wildman–Crippen LogP) is 5.75. The number of methoxy groups -OCH3 is 2. The molecule has 2 aromatic rings. The molecular formula is C32H46N3O9P. The van der Waals surface area contributed by atoms with Gasteiger partial charge in [0.15, 0.2) is 5.78 Å². The van der Waals surface area contributed by atoms with Gasteiger partial charge in [0.05, 0.1) is 14.2 Å². The number of carbonyl (C=O) groups excluding carboxylic acids is 3. The molecule has 1 unspecified atom stereocenters.